The normalized spacial score (nSPS) is 17.9. The number of aryl methyl sites for hydroxylation is 1. The van der Waals surface area contributed by atoms with Gasteiger partial charge in [-0.15, -0.1) is 0 Å². The Labute approximate surface area is 139 Å². The number of piperidine rings is 1. The molecule has 1 N–H and O–H groups in total. The van der Waals surface area contributed by atoms with Crippen molar-refractivity contribution < 1.29 is 13.2 Å². The highest BCUT2D eigenvalue weighted by molar-refractivity contribution is 7.88. The minimum Gasteiger partial charge on any atom is -0.341 e. The Morgan fingerprint density at radius 1 is 1.26 bits per heavy atom. The number of nitrogens with one attached hydrogen (secondary N) is 1. The molecule has 0 aliphatic carbocycles. The second-order valence-corrected chi connectivity index (χ2v) is 8.18. The van der Waals surface area contributed by atoms with Gasteiger partial charge < -0.3 is 4.90 Å². The van der Waals surface area contributed by atoms with Gasteiger partial charge in [-0.1, -0.05) is 30.3 Å². The number of sulfonamides is 1. The molecule has 1 aromatic carbocycles. The number of rotatable bonds is 6. The number of carbonyl (C=O) groups is 1. The van der Waals surface area contributed by atoms with Crippen molar-refractivity contribution in [1.29, 1.82) is 0 Å². The van der Waals surface area contributed by atoms with Crippen LogP contribution in [0.2, 0.25) is 0 Å². The first-order valence-corrected chi connectivity index (χ1v) is 10.0. The molecule has 128 valence electrons. The molecular formula is C17H26N2O3S. The Balaban J connectivity index is 1.76. The highest BCUT2D eigenvalue weighted by Crippen LogP contribution is 2.22. The summed E-state index contributed by atoms with van der Waals surface area (Å²) in [7, 11) is -3.35. The van der Waals surface area contributed by atoms with Crippen molar-refractivity contribution in [1.82, 2.24) is 9.62 Å². The summed E-state index contributed by atoms with van der Waals surface area (Å²) >= 11 is 0. The van der Waals surface area contributed by atoms with Crippen LogP contribution in [0.5, 0.6) is 0 Å². The van der Waals surface area contributed by atoms with Crippen LogP contribution in [0.25, 0.3) is 0 Å². The monoisotopic (exact) mass is 338 g/mol. The summed E-state index contributed by atoms with van der Waals surface area (Å²) in [5.74, 6) is 0.509. The van der Waals surface area contributed by atoms with Crippen LogP contribution in [-0.2, 0) is 21.2 Å². The fraction of sp³-hybridized carbons (Fsp3) is 0.588. The van der Waals surface area contributed by atoms with E-state index in [1.54, 1.807) is 11.8 Å². The van der Waals surface area contributed by atoms with Gasteiger partial charge in [0.05, 0.1) is 12.3 Å². The molecule has 1 fully saturated rings. The highest BCUT2D eigenvalue weighted by atomic mass is 32.2. The van der Waals surface area contributed by atoms with Crippen LogP contribution in [0.1, 0.15) is 31.7 Å². The SMILES string of the molecule is CC(NS(C)(=O)=O)C(=O)N1CCC(CCc2ccccc2)CC1. The van der Waals surface area contributed by atoms with Crippen molar-refractivity contribution in [2.75, 3.05) is 19.3 Å². The first kappa shape index (κ1) is 17.9. The summed E-state index contributed by atoms with van der Waals surface area (Å²) in [5.41, 5.74) is 1.36. The number of likely N-dealkylation sites (tertiary alicyclic amines) is 1. The summed E-state index contributed by atoms with van der Waals surface area (Å²) < 4.78 is 24.8. The predicted molar refractivity (Wildman–Crippen MR) is 91.5 cm³/mol. The summed E-state index contributed by atoms with van der Waals surface area (Å²) in [4.78, 5) is 14.0. The second-order valence-electron chi connectivity index (χ2n) is 6.40. The standard InChI is InChI=1S/C17H26N2O3S/c1-14(18-23(2,21)22)17(20)19-12-10-16(11-13-19)9-8-15-6-4-3-5-7-15/h3-7,14,16,18H,8-13H2,1-2H3. The van der Waals surface area contributed by atoms with Gasteiger partial charge in [-0.25, -0.2) is 13.1 Å². The van der Waals surface area contributed by atoms with E-state index in [0.717, 1.165) is 31.9 Å². The maximum atomic E-state index is 12.3. The van der Waals surface area contributed by atoms with E-state index in [0.29, 0.717) is 19.0 Å². The summed E-state index contributed by atoms with van der Waals surface area (Å²) in [5, 5.41) is 0. The molecule has 6 heteroatoms. The molecule has 1 saturated heterocycles. The molecule has 0 bridgehead atoms. The molecule has 0 spiro atoms. The topological polar surface area (TPSA) is 66.5 Å². The average molecular weight is 338 g/mol. The largest absolute Gasteiger partial charge is 0.341 e. The van der Waals surface area contributed by atoms with E-state index >= 15 is 0 Å². The molecule has 1 heterocycles. The van der Waals surface area contributed by atoms with Crippen LogP contribution in [0, 0.1) is 5.92 Å². The molecule has 1 aromatic rings. The number of carbonyl (C=O) groups excluding carboxylic acids is 1. The Morgan fingerprint density at radius 3 is 2.43 bits per heavy atom. The van der Waals surface area contributed by atoms with Gasteiger partial charge in [-0.2, -0.15) is 0 Å². The Hall–Kier alpha value is -1.40. The molecular weight excluding hydrogens is 312 g/mol. The van der Waals surface area contributed by atoms with E-state index < -0.39 is 16.1 Å². The molecule has 1 unspecified atom stereocenters. The Kier molecular flexibility index (Phi) is 6.18. The minimum atomic E-state index is -3.35. The molecule has 1 atom stereocenters. The van der Waals surface area contributed by atoms with Gasteiger partial charge in [0, 0.05) is 13.1 Å². The van der Waals surface area contributed by atoms with E-state index in [1.165, 1.54) is 5.56 Å². The summed E-state index contributed by atoms with van der Waals surface area (Å²) in [6, 6.07) is 9.76. The zero-order chi connectivity index (χ0) is 16.9. The zero-order valence-corrected chi connectivity index (χ0v) is 14.7. The van der Waals surface area contributed by atoms with Crippen LogP contribution in [0.4, 0.5) is 0 Å². The van der Waals surface area contributed by atoms with Gasteiger partial charge >= 0.3 is 0 Å². The molecule has 1 aliphatic rings. The van der Waals surface area contributed by atoms with Crippen LogP contribution in [0.15, 0.2) is 30.3 Å². The maximum Gasteiger partial charge on any atom is 0.240 e. The van der Waals surface area contributed by atoms with E-state index in [-0.39, 0.29) is 5.91 Å². The molecule has 0 saturated carbocycles. The molecule has 0 aromatic heterocycles. The van der Waals surface area contributed by atoms with E-state index in [2.05, 4.69) is 29.0 Å². The van der Waals surface area contributed by atoms with E-state index in [4.69, 9.17) is 0 Å². The molecule has 23 heavy (non-hydrogen) atoms. The quantitative estimate of drug-likeness (QED) is 0.860. The number of nitrogens with zero attached hydrogens (tertiary/aromatic N) is 1. The molecule has 1 amide bonds. The molecule has 5 nitrogen and oxygen atoms in total. The lowest BCUT2D eigenvalue weighted by Gasteiger charge is -2.33. The van der Waals surface area contributed by atoms with Crippen LogP contribution < -0.4 is 4.72 Å². The Bertz CT molecular complexity index is 608. The predicted octanol–water partition coefficient (Wildman–Crippen LogP) is 1.80. The summed E-state index contributed by atoms with van der Waals surface area (Å²) in [6.45, 7) is 3.03. The van der Waals surface area contributed by atoms with Gasteiger partial charge in [-0.05, 0) is 44.1 Å². The van der Waals surface area contributed by atoms with Crippen molar-refractivity contribution in [2.24, 2.45) is 5.92 Å². The van der Waals surface area contributed by atoms with Gasteiger partial charge in [-0.3, -0.25) is 4.79 Å². The molecule has 1 aliphatic heterocycles. The van der Waals surface area contributed by atoms with Crippen LogP contribution in [0.3, 0.4) is 0 Å². The van der Waals surface area contributed by atoms with E-state index in [9.17, 15) is 13.2 Å². The molecule has 2 rings (SSSR count). The number of amides is 1. The number of benzene rings is 1. The first-order chi connectivity index (χ1) is 10.8. The van der Waals surface area contributed by atoms with Crippen molar-refractivity contribution >= 4 is 15.9 Å². The number of hydrogen-bond donors (Lipinski definition) is 1. The smallest absolute Gasteiger partial charge is 0.240 e. The fourth-order valence-electron chi connectivity index (χ4n) is 3.10. The first-order valence-electron chi connectivity index (χ1n) is 8.15. The fourth-order valence-corrected chi connectivity index (χ4v) is 3.85. The lowest BCUT2D eigenvalue weighted by atomic mass is 9.90. The lowest BCUT2D eigenvalue weighted by molar-refractivity contribution is -0.134. The van der Waals surface area contributed by atoms with Crippen molar-refractivity contribution in [2.45, 2.75) is 38.6 Å². The van der Waals surface area contributed by atoms with Crippen LogP contribution >= 0.6 is 0 Å². The third kappa shape index (κ3) is 5.95. The second kappa shape index (κ2) is 7.93. The van der Waals surface area contributed by atoms with Crippen molar-refractivity contribution in [3.63, 3.8) is 0 Å². The molecule has 0 radical (unpaired) electrons. The lowest BCUT2D eigenvalue weighted by Crippen LogP contribution is -2.49. The highest BCUT2D eigenvalue weighted by Gasteiger charge is 2.27. The van der Waals surface area contributed by atoms with Crippen molar-refractivity contribution in [3.8, 4) is 0 Å². The maximum absolute atomic E-state index is 12.3. The van der Waals surface area contributed by atoms with E-state index in [1.807, 2.05) is 6.07 Å². The third-order valence-corrected chi connectivity index (χ3v) is 5.15. The van der Waals surface area contributed by atoms with Gasteiger partial charge in [0.1, 0.15) is 0 Å². The van der Waals surface area contributed by atoms with Gasteiger partial charge in [0.15, 0.2) is 0 Å². The van der Waals surface area contributed by atoms with Gasteiger partial charge in [0.25, 0.3) is 0 Å². The van der Waals surface area contributed by atoms with Crippen LogP contribution in [-0.4, -0.2) is 44.6 Å². The zero-order valence-electron chi connectivity index (χ0n) is 13.9. The number of hydrogen-bond acceptors (Lipinski definition) is 3. The van der Waals surface area contributed by atoms with Crippen molar-refractivity contribution in [3.05, 3.63) is 35.9 Å². The Morgan fingerprint density at radius 2 is 1.87 bits per heavy atom. The van der Waals surface area contributed by atoms with Gasteiger partial charge in [0.2, 0.25) is 15.9 Å². The summed E-state index contributed by atoms with van der Waals surface area (Å²) in [6.07, 6.45) is 5.27. The third-order valence-electron chi connectivity index (χ3n) is 4.37. The minimum absolute atomic E-state index is 0.128. The average Bonchev–Trinajstić information content (AvgIpc) is 2.52.